The van der Waals surface area contributed by atoms with Crippen molar-refractivity contribution in [3.05, 3.63) is 0 Å². The average Bonchev–Trinajstić information content (AvgIpc) is 2.20. The number of isocyanates is 1. The Labute approximate surface area is 86.6 Å². The zero-order valence-electron chi connectivity index (χ0n) is 9.29. The fourth-order valence-electron chi connectivity index (χ4n) is 1.24. The molecular formula is C11H21NO2. The summed E-state index contributed by atoms with van der Waals surface area (Å²) >= 11 is 0. The Morgan fingerprint density at radius 1 is 1.21 bits per heavy atom. The summed E-state index contributed by atoms with van der Waals surface area (Å²) in [5, 5.41) is 0. The Hall–Kier alpha value is -0.660. The van der Waals surface area contributed by atoms with Gasteiger partial charge in [0.05, 0.1) is 0 Å². The fourth-order valence-corrected chi connectivity index (χ4v) is 1.24. The van der Waals surface area contributed by atoms with E-state index in [1.807, 2.05) is 6.92 Å². The van der Waals surface area contributed by atoms with Gasteiger partial charge in [-0.25, -0.2) is 4.79 Å². The Balaban J connectivity index is 3.56. The first kappa shape index (κ1) is 13.3. The lowest BCUT2D eigenvalue weighted by atomic mass is 10.1. The summed E-state index contributed by atoms with van der Waals surface area (Å²) in [6.07, 6.45) is 7.84. The van der Waals surface area contributed by atoms with Crippen LogP contribution in [0.1, 0.15) is 52.4 Å². The summed E-state index contributed by atoms with van der Waals surface area (Å²) in [6.45, 7) is 4.89. The molecule has 0 amide bonds. The van der Waals surface area contributed by atoms with Crippen LogP contribution in [0.4, 0.5) is 0 Å². The van der Waals surface area contributed by atoms with Crippen LogP contribution in [-0.4, -0.2) is 18.9 Å². The van der Waals surface area contributed by atoms with Gasteiger partial charge in [-0.3, -0.25) is 0 Å². The highest BCUT2D eigenvalue weighted by Crippen LogP contribution is 2.09. The highest BCUT2D eigenvalue weighted by atomic mass is 16.5. The van der Waals surface area contributed by atoms with E-state index >= 15 is 0 Å². The predicted molar refractivity (Wildman–Crippen MR) is 56.9 cm³/mol. The number of carbonyl (C=O) groups excluding carboxylic acids is 1. The highest BCUT2D eigenvalue weighted by Gasteiger charge is 2.05. The van der Waals surface area contributed by atoms with Gasteiger partial charge in [0.1, 0.15) is 0 Å². The van der Waals surface area contributed by atoms with Crippen LogP contribution in [0.15, 0.2) is 4.99 Å². The Bertz CT molecular complexity index is 165. The molecular weight excluding hydrogens is 178 g/mol. The average molecular weight is 199 g/mol. The van der Waals surface area contributed by atoms with Crippen molar-refractivity contribution in [2.75, 3.05) is 6.61 Å². The van der Waals surface area contributed by atoms with Gasteiger partial charge in [0.2, 0.25) is 6.08 Å². The lowest BCUT2D eigenvalue weighted by molar-refractivity contribution is 0.0524. The van der Waals surface area contributed by atoms with Gasteiger partial charge < -0.3 is 4.74 Å². The molecule has 0 aliphatic carbocycles. The van der Waals surface area contributed by atoms with E-state index in [0.717, 1.165) is 19.3 Å². The lowest BCUT2D eigenvalue weighted by Gasteiger charge is -2.10. The van der Waals surface area contributed by atoms with Gasteiger partial charge in [0.15, 0.2) is 6.23 Å². The molecule has 0 aliphatic rings. The summed E-state index contributed by atoms with van der Waals surface area (Å²) < 4.78 is 5.38. The first-order chi connectivity index (χ1) is 6.85. The molecule has 0 saturated carbocycles. The van der Waals surface area contributed by atoms with Crippen LogP contribution in [0.2, 0.25) is 0 Å². The van der Waals surface area contributed by atoms with Gasteiger partial charge >= 0.3 is 0 Å². The summed E-state index contributed by atoms with van der Waals surface area (Å²) in [6, 6.07) is 0. The van der Waals surface area contributed by atoms with Gasteiger partial charge in [0, 0.05) is 6.61 Å². The fraction of sp³-hybridized carbons (Fsp3) is 0.909. The maximum atomic E-state index is 10.1. The van der Waals surface area contributed by atoms with Gasteiger partial charge in [-0.15, -0.1) is 0 Å². The third-order valence-electron chi connectivity index (χ3n) is 2.02. The van der Waals surface area contributed by atoms with Crippen LogP contribution in [0.3, 0.4) is 0 Å². The quantitative estimate of drug-likeness (QED) is 0.325. The van der Waals surface area contributed by atoms with Crippen molar-refractivity contribution in [1.29, 1.82) is 0 Å². The molecule has 0 spiro atoms. The first-order valence-electron chi connectivity index (χ1n) is 5.53. The summed E-state index contributed by atoms with van der Waals surface area (Å²) in [4.78, 5) is 13.7. The summed E-state index contributed by atoms with van der Waals surface area (Å²) in [5.41, 5.74) is 0. The predicted octanol–water partition coefficient (Wildman–Crippen LogP) is 3.05. The highest BCUT2D eigenvalue weighted by molar-refractivity contribution is 5.33. The summed E-state index contributed by atoms with van der Waals surface area (Å²) in [5.74, 6) is 0. The van der Waals surface area contributed by atoms with Gasteiger partial charge in [0.25, 0.3) is 0 Å². The minimum absolute atomic E-state index is 0.260. The van der Waals surface area contributed by atoms with Crippen molar-refractivity contribution < 1.29 is 9.53 Å². The van der Waals surface area contributed by atoms with E-state index in [-0.39, 0.29) is 6.23 Å². The standard InChI is InChI=1S/C11H21NO2/c1-3-5-6-7-8-11(12-10-13)14-9-4-2/h11H,3-9H2,1-2H3. The number of nitrogens with zero attached hydrogens (tertiary/aromatic N) is 1. The molecule has 1 atom stereocenters. The van der Waals surface area contributed by atoms with E-state index in [4.69, 9.17) is 4.74 Å². The Morgan fingerprint density at radius 3 is 2.57 bits per heavy atom. The topological polar surface area (TPSA) is 38.7 Å². The van der Waals surface area contributed by atoms with E-state index in [0.29, 0.717) is 6.61 Å². The molecule has 0 bridgehead atoms. The van der Waals surface area contributed by atoms with Crippen molar-refractivity contribution in [2.24, 2.45) is 4.99 Å². The second-order valence-corrected chi connectivity index (χ2v) is 3.40. The number of unbranched alkanes of at least 4 members (excludes halogenated alkanes) is 3. The van der Waals surface area contributed by atoms with Crippen molar-refractivity contribution in [3.8, 4) is 0 Å². The molecule has 82 valence electrons. The van der Waals surface area contributed by atoms with E-state index in [1.165, 1.54) is 19.3 Å². The van der Waals surface area contributed by atoms with Crippen molar-refractivity contribution >= 4 is 6.08 Å². The zero-order chi connectivity index (χ0) is 10.6. The molecule has 0 rings (SSSR count). The van der Waals surface area contributed by atoms with E-state index in [9.17, 15) is 4.79 Å². The molecule has 0 radical (unpaired) electrons. The van der Waals surface area contributed by atoms with Crippen LogP contribution in [-0.2, 0) is 9.53 Å². The third kappa shape index (κ3) is 7.96. The van der Waals surface area contributed by atoms with Gasteiger partial charge in [-0.1, -0.05) is 33.1 Å². The number of hydrogen-bond acceptors (Lipinski definition) is 3. The van der Waals surface area contributed by atoms with Crippen molar-refractivity contribution in [2.45, 2.75) is 58.6 Å². The molecule has 0 aromatic rings. The minimum Gasteiger partial charge on any atom is -0.356 e. The monoisotopic (exact) mass is 199 g/mol. The number of aliphatic imine (C=N–C) groups is 1. The van der Waals surface area contributed by atoms with E-state index < -0.39 is 0 Å². The van der Waals surface area contributed by atoms with Gasteiger partial charge in [-0.05, 0) is 19.3 Å². The largest absolute Gasteiger partial charge is 0.356 e. The molecule has 0 aromatic carbocycles. The minimum atomic E-state index is -0.260. The molecule has 0 N–H and O–H groups in total. The number of hydrogen-bond donors (Lipinski definition) is 0. The van der Waals surface area contributed by atoms with Crippen LogP contribution in [0.5, 0.6) is 0 Å². The first-order valence-corrected chi connectivity index (χ1v) is 5.53. The normalized spacial score (nSPS) is 12.1. The molecule has 3 heteroatoms. The number of ether oxygens (including phenoxy) is 1. The van der Waals surface area contributed by atoms with Crippen LogP contribution in [0.25, 0.3) is 0 Å². The second kappa shape index (κ2) is 10.4. The van der Waals surface area contributed by atoms with Crippen LogP contribution >= 0.6 is 0 Å². The third-order valence-corrected chi connectivity index (χ3v) is 2.02. The molecule has 0 fully saturated rings. The maximum Gasteiger partial charge on any atom is 0.237 e. The maximum absolute atomic E-state index is 10.1. The lowest BCUT2D eigenvalue weighted by Crippen LogP contribution is -2.10. The molecule has 0 heterocycles. The molecule has 1 unspecified atom stereocenters. The SMILES string of the molecule is CCCCCCC(N=C=O)OCCC. The molecule has 0 saturated heterocycles. The van der Waals surface area contributed by atoms with Gasteiger partial charge in [-0.2, -0.15) is 4.99 Å². The Morgan fingerprint density at radius 2 is 2.00 bits per heavy atom. The smallest absolute Gasteiger partial charge is 0.237 e. The van der Waals surface area contributed by atoms with Crippen LogP contribution < -0.4 is 0 Å². The molecule has 14 heavy (non-hydrogen) atoms. The van der Waals surface area contributed by atoms with E-state index in [1.54, 1.807) is 6.08 Å². The van der Waals surface area contributed by atoms with Crippen LogP contribution in [0, 0.1) is 0 Å². The molecule has 0 aliphatic heterocycles. The number of rotatable bonds is 9. The molecule has 0 aromatic heterocycles. The van der Waals surface area contributed by atoms with Crippen molar-refractivity contribution in [3.63, 3.8) is 0 Å². The zero-order valence-corrected chi connectivity index (χ0v) is 9.29. The summed E-state index contributed by atoms with van der Waals surface area (Å²) in [7, 11) is 0. The second-order valence-electron chi connectivity index (χ2n) is 3.40. The van der Waals surface area contributed by atoms with Crippen molar-refractivity contribution in [1.82, 2.24) is 0 Å². The Kier molecular flexibility index (Phi) is 9.93. The van der Waals surface area contributed by atoms with E-state index in [2.05, 4.69) is 11.9 Å². The molecule has 3 nitrogen and oxygen atoms in total.